The van der Waals surface area contributed by atoms with Gasteiger partial charge < -0.3 is 24.3 Å². The van der Waals surface area contributed by atoms with Gasteiger partial charge in [-0.15, -0.1) is 12.6 Å². The first-order valence-electron chi connectivity index (χ1n) is 7.20. The molecule has 0 aromatic rings. The minimum atomic E-state index is -1.08. The smallest absolute Gasteiger partial charge is 0.303 e. The molecular weight excluding hydrogens is 342 g/mol. The highest BCUT2D eigenvalue weighted by atomic mass is 32.1. The molecule has 0 unspecified atom stereocenters. The van der Waals surface area contributed by atoms with Crippen LogP contribution in [0.3, 0.4) is 0 Å². The number of rotatable bonds is 5. The molecule has 0 aromatic heterocycles. The summed E-state index contributed by atoms with van der Waals surface area (Å²) in [4.78, 5) is 45.2. The Morgan fingerprint density at radius 1 is 0.958 bits per heavy atom. The number of carbonyl (C=O) groups excluding carboxylic acids is 4. The molecule has 10 heteroatoms. The Hall–Kier alpha value is -1.81. The number of ether oxygens (including phenoxy) is 4. The Morgan fingerprint density at radius 2 is 1.50 bits per heavy atom. The number of carbonyl (C=O) groups is 4. The fraction of sp³-hybridized carbons (Fsp3) is 0.714. The van der Waals surface area contributed by atoms with Crippen LogP contribution < -0.4 is 5.32 Å². The highest BCUT2D eigenvalue weighted by Crippen LogP contribution is 2.28. The van der Waals surface area contributed by atoms with Crippen LogP contribution in [-0.4, -0.2) is 60.2 Å². The zero-order chi connectivity index (χ0) is 18.4. The molecule has 0 radical (unpaired) electrons. The molecule has 1 N–H and O–H groups in total. The van der Waals surface area contributed by atoms with Crippen molar-refractivity contribution >= 4 is 36.4 Å². The summed E-state index contributed by atoms with van der Waals surface area (Å²) < 4.78 is 20.9. The van der Waals surface area contributed by atoms with Gasteiger partial charge in [0.15, 0.2) is 12.2 Å². The summed E-state index contributed by atoms with van der Waals surface area (Å²) >= 11 is 4.24. The summed E-state index contributed by atoms with van der Waals surface area (Å²) in [5, 5.41) is 2.56. The van der Waals surface area contributed by atoms with Crippen molar-refractivity contribution in [3.8, 4) is 0 Å². The van der Waals surface area contributed by atoms with Gasteiger partial charge >= 0.3 is 17.9 Å². The molecule has 1 rings (SSSR count). The third-order valence-corrected chi connectivity index (χ3v) is 3.53. The van der Waals surface area contributed by atoms with Crippen molar-refractivity contribution in [3.05, 3.63) is 0 Å². The first kappa shape index (κ1) is 20.2. The van der Waals surface area contributed by atoms with Crippen molar-refractivity contribution in [2.75, 3.05) is 6.61 Å². The lowest BCUT2D eigenvalue weighted by Crippen LogP contribution is -2.64. The van der Waals surface area contributed by atoms with Crippen LogP contribution in [0, 0.1) is 0 Å². The highest BCUT2D eigenvalue weighted by Gasteiger charge is 2.49. The summed E-state index contributed by atoms with van der Waals surface area (Å²) in [6.07, 6.45) is -3.03. The molecule has 5 atom stereocenters. The molecular formula is C14H21NO8S. The number of thiol groups is 1. The van der Waals surface area contributed by atoms with Gasteiger partial charge in [-0.3, -0.25) is 19.2 Å². The maximum absolute atomic E-state index is 11.4. The first-order valence-corrected chi connectivity index (χ1v) is 7.72. The van der Waals surface area contributed by atoms with Crippen molar-refractivity contribution in [2.45, 2.75) is 57.5 Å². The average molecular weight is 363 g/mol. The van der Waals surface area contributed by atoms with E-state index in [1.165, 1.54) is 27.7 Å². The summed E-state index contributed by atoms with van der Waals surface area (Å²) in [5.41, 5.74) is -0.870. The van der Waals surface area contributed by atoms with E-state index in [4.69, 9.17) is 18.9 Å². The molecule has 1 amide bonds. The fourth-order valence-electron chi connectivity index (χ4n) is 2.31. The normalized spacial score (nSPS) is 29.3. The van der Waals surface area contributed by atoms with Crippen LogP contribution in [0.5, 0.6) is 0 Å². The van der Waals surface area contributed by atoms with Gasteiger partial charge in [-0.1, -0.05) is 0 Å². The maximum Gasteiger partial charge on any atom is 0.303 e. The van der Waals surface area contributed by atoms with Crippen LogP contribution in [0.25, 0.3) is 0 Å². The van der Waals surface area contributed by atoms with Gasteiger partial charge in [0.05, 0.1) is 0 Å². The van der Waals surface area contributed by atoms with Gasteiger partial charge in [0.1, 0.15) is 24.2 Å². The number of amides is 1. The Kier molecular flexibility index (Phi) is 7.49. The predicted octanol–water partition coefficient (Wildman–Crippen LogP) is -0.428. The third kappa shape index (κ3) is 6.00. The van der Waals surface area contributed by atoms with E-state index >= 15 is 0 Å². The Morgan fingerprint density at radius 3 is 1.96 bits per heavy atom. The minimum absolute atomic E-state index is 0.227. The first-order chi connectivity index (χ1) is 11.1. The lowest BCUT2D eigenvalue weighted by atomic mass is 9.97. The second-order valence-corrected chi connectivity index (χ2v) is 5.75. The van der Waals surface area contributed by atoms with Crippen molar-refractivity contribution in [1.29, 1.82) is 0 Å². The van der Waals surface area contributed by atoms with E-state index < -0.39 is 53.6 Å². The van der Waals surface area contributed by atoms with Crippen LogP contribution in [0.1, 0.15) is 27.7 Å². The lowest BCUT2D eigenvalue weighted by Gasteiger charge is -2.43. The van der Waals surface area contributed by atoms with Crippen LogP contribution in [-0.2, 0) is 38.1 Å². The predicted molar refractivity (Wildman–Crippen MR) is 83.0 cm³/mol. The second kappa shape index (κ2) is 8.88. The van der Waals surface area contributed by atoms with Crippen LogP contribution in [0.15, 0.2) is 0 Å². The molecule has 1 aliphatic rings. The molecule has 0 spiro atoms. The third-order valence-electron chi connectivity index (χ3n) is 3.09. The zero-order valence-corrected chi connectivity index (χ0v) is 14.7. The van der Waals surface area contributed by atoms with Crippen molar-refractivity contribution in [2.24, 2.45) is 0 Å². The minimum Gasteiger partial charge on any atom is -0.463 e. The summed E-state index contributed by atoms with van der Waals surface area (Å²) in [6.45, 7) is 4.62. The largest absolute Gasteiger partial charge is 0.463 e. The molecule has 0 aromatic carbocycles. The summed E-state index contributed by atoms with van der Waals surface area (Å²) in [6, 6.07) is -0.854. The Balaban J connectivity index is 3.11. The van der Waals surface area contributed by atoms with Crippen LogP contribution in [0.4, 0.5) is 0 Å². The molecule has 1 fully saturated rings. The van der Waals surface area contributed by atoms with Gasteiger partial charge in [0.2, 0.25) is 5.91 Å². The van der Waals surface area contributed by atoms with Gasteiger partial charge in [-0.25, -0.2) is 0 Å². The molecule has 0 bridgehead atoms. The highest BCUT2D eigenvalue weighted by molar-refractivity contribution is 7.80. The summed E-state index contributed by atoms with van der Waals surface area (Å²) in [5.74, 6) is -2.24. The Labute approximate surface area is 144 Å². The van der Waals surface area contributed by atoms with Crippen LogP contribution >= 0.6 is 12.6 Å². The van der Waals surface area contributed by atoms with E-state index in [2.05, 4.69) is 17.9 Å². The van der Waals surface area contributed by atoms with Gasteiger partial charge in [-0.05, 0) is 0 Å². The second-order valence-electron chi connectivity index (χ2n) is 5.24. The molecule has 1 saturated heterocycles. The lowest BCUT2D eigenvalue weighted by molar-refractivity contribution is -0.211. The van der Waals surface area contributed by atoms with E-state index in [1.54, 1.807) is 0 Å². The maximum atomic E-state index is 11.4. The summed E-state index contributed by atoms with van der Waals surface area (Å²) in [7, 11) is 0. The van der Waals surface area contributed by atoms with Gasteiger partial charge in [0.25, 0.3) is 0 Å². The van der Waals surface area contributed by atoms with E-state index in [9.17, 15) is 19.2 Å². The SMILES string of the molecule is CC(=O)N[C@@H]1[C@@H](OC(C)=O)[C@@H](OC(C)=O)[C@@H](COC(C)=O)O[C@@H]1S. The monoisotopic (exact) mass is 363 g/mol. The van der Waals surface area contributed by atoms with E-state index in [-0.39, 0.29) is 6.61 Å². The van der Waals surface area contributed by atoms with Gasteiger partial charge in [0, 0.05) is 27.7 Å². The fourth-order valence-corrected chi connectivity index (χ4v) is 2.71. The molecule has 0 saturated carbocycles. The number of hydrogen-bond acceptors (Lipinski definition) is 9. The quantitative estimate of drug-likeness (QED) is 0.384. The number of nitrogens with one attached hydrogen (secondary N) is 1. The molecule has 0 aliphatic carbocycles. The standard InChI is InChI=1S/C14H21NO8S/c1-6(16)15-11-13(22-9(4)19)12(21-8(3)18)10(23-14(11)24)5-20-7(2)17/h10-14,24H,5H2,1-4H3,(H,15,16)/t10-,11-,12+,13-,14-/m1/s1. The van der Waals surface area contributed by atoms with Crippen molar-refractivity contribution in [3.63, 3.8) is 0 Å². The molecule has 24 heavy (non-hydrogen) atoms. The average Bonchev–Trinajstić information content (AvgIpc) is 2.42. The van der Waals surface area contributed by atoms with Gasteiger partial charge in [-0.2, -0.15) is 0 Å². The molecule has 136 valence electrons. The van der Waals surface area contributed by atoms with E-state index in [0.717, 1.165) is 0 Å². The Bertz CT molecular complexity index is 511. The van der Waals surface area contributed by atoms with Crippen LogP contribution in [0.2, 0.25) is 0 Å². The zero-order valence-electron chi connectivity index (χ0n) is 13.8. The van der Waals surface area contributed by atoms with Crippen molar-refractivity contribution < 1.29 is 38.1 Å². The van der Waals surface area contributed by atoms with E-state index in [0.29, 0.717) is 0 Å². The van der Waals surface area contributed by atoms with E-state index in [1.807, 2.05) is 0 Å². The molecule has 1 heterocycles. The molecule has 1 aliphatic heterocycles. The van der Waals surface area contributed by atoms with Crippen molar-refractivity contribution in [1.82, 2.24) is 5.32 Å². The number of esters is 3. The molecule has 9 nitrogen and oxygen atoms in total. The number of hydrogen-bond donors (Lipinski definition) is 2. The topological polar surface area (TPSA) is 117 Å².